The van der Waals surface area contributed by atoms with Crippen molar-refractivity contribution >= 4 is 35.1 Å². The van der Waals surface area contributed by atoms with E-state index in [2.05, 4.69) is 10.6 Å². The van der Waals surface area contributed by atoms with E-state index in [1.165, 1.54) is 0 Å². The molecule has 0 aromatic heterocycles. The summed E-state index contributed by atoms with van der Waals surface area (Å²) in [5.74, 6) is -3.87. The number of carboxylic acid groups (broad SMARTS) is 2. The molecule has 0 atom stereocenters. The summed E-state index contributed by atoms with van der Waals surface area (Å²) in [4.78, 5) is 45.0. The number of nitrogens with one attached hydrogen (secondary N) is 2. The Morgan fingerprint density at radius 1 is 0.615 bits per heavy atom. The largest absolute Gasteiger partial charge is 0.478 e. The minimum Gasteiger partial charge on any atom is -0.478 e. The number of hydrogen-bond donors (Lipinski definition) is 4. The Balaban J connectivity index is 3.34. The van der Waals surface area contributed by atoms with Crippen LogP contribution in [0.5, 0.6) is 0 Å². The highest BCUT2D eigenvalue weighted by atomic mass is 16.4. The Hall–Kier alpha value is -3.42. The van der Waals surface area contributed by atoms with E-state index in [0.717, 1.165) is 23.3 Å². The normalized spacial score (nSPS) is 10.9. The number of carbonyl (C=O) groups is 4. The van der Waals surface area contributed by atoms with Crippen LogP contribution in [0.15, 0.2) is 24.3 Å². The standard InChI is InChI=1S/C18H20N2O6/c1-9-10(2)12(4)18(20-14(22)6-8-16(25)26)17(11(9)3)19-13(21)5-7-15(23)24/h5-8H,1-4H3,(H,19,21)(H,20,22)(H,23,24)(H,25,26). The second kappa shape index (κ2) is 8.61. The molecule has 0 aliphatic rings. The van der Waals surface area contributed by atoms with Crippen molar-refractivity contribution in [1.29, 1.82) is 0 Å². The van der Waals surface area contributed by atoms with Gasteiger partial charge in [0.2, 0.25) is 11.8 Å². The zero-order chi connectivity index (χ0) is 20.0. The molecule has 0 spiro atoms. The minimum absolute atomic E-state index is 0.322. The zero-order valence-electron chi connectivity index (χ0n) is 14.8. The summed E-state index contributed by atoms with van der Waals surface area (Å²) in [6, 6.07) is 0. The van der Waals surface area contributed by atoms with Crippen molar-refractivity contribution in [2.24, 2.45) is 0 Å². The molecule has 138 valence electrons. The van der Waals surface area contributed by atoms with Gasteiger partial charge in [-0.25, -0.2) is 9.59 Å². The van der Waals surface area contributed by atoms with Crippen molar-refractivity contribution in [3.8, 4) is 0 Å². The highest BCUT2D eigenvalue weighted by molar-refractivity contribution is 6.09. The van der Waals surface area contributed by atoms with Gasteiger partial charge in [-0.05, 0) is 49.9 Å². The molecule has 0 unspecified atom stereocenters. The van der Waals surface area contributed by atoms with Crippen LogP contribution in [0, 0.1) is 27.7 Å². The first-order chi connectivity index (χ1) is 12.0. The highest BCUT2D eigenvalue weighted by Gasteiger charge is 2.18. The first-order valence-corrected chi connectivity index (χ1v) is 7.59. The van der Waals surface area contributed by atoms with E-state index in [1.54, 1.807) is 13.8 Å². The fourth-order valence-corrected chi connectivity index (χ4v) is 2.25. The van der Waals surface area contributed by atoms with Crippen LogP contribution in [0.1, 0.15) is 22.3 Å². The van der Waals surface area contributed by atoms with Gasteiger partial charge in [0.25, 0.3) is 0 Å². The van der Waals surface area contributed by atoms with Crippen LogP contribution in [0.2, 0.25) is 0 Å². The molecule has 1 rings (SSSR count). The van der Waals surface area contributed by atoms with E-state index < -0.39 is 23.8 Å². The molecule has 0 bridgehead atoms. The van der Waals surface area contributed by atoms with Crippen LogP contribution < -0.4 is 10.6 Å². The Morgan fingerprint density at radius 3 is 1.19 bits per heavy atom. The molecule has 0 aliphatic heterocycles. The Kier molecular flexibility index (Phi) is 6.83. The lowest BCUT2D eigenvalue weighted by molar-refractivity contribution is -0.132. The number of hydrogen-bond acceptors (Lipinski definition) is 4. The summed E-state index contributed by atoms with van der Waals surface area (Å²) < 4.78 is 0. The third-order valence-electron chi connectivity index (χ3n) is 3.94. The zero-order valence-corrected chi connectivity index (χ0v) is 14.8. The van der Waals surface area contributed by atoms with Crippen molar-refractivity contribution in [1.82, 2.24) is 0 Å². The molecule has 4 N–H and O–H groups in total. The number of aliphatic carboxylic acids is 2. The average Bonchev–Trinajstić information content (AvgIpc) is 2.57. The number of benzene rings is 1. The van der Waals surface area contributed by atoms with E-state index in [9.17, 15) is 19.2 Å². The van der Waals surface area contributed by atoms with Gasteiger partial charge in [-0.1, -0.05) is 0 Å². The second-order valence-corrected chi connectivity index (χ2v) is 5.57. The molecule has 1 aromatic carbocycles. The first-order valence-electron chi connectivity index (χ1n) is 7.59. The lowest BCUT2D eigenvalue weighted by Gasteiger charge is -2.21. The molecule has 0 heterocycles. The molecule has 26 heavy (non-hydrogen) atoms. The summed E-state index contributed by atoms with van der Waals surface area (Å²) in [5.41, 5.74) is 3.84. The fraction of sp³-hybridized carbons (Fsp3) is 0.222. The highest BCUT2D eigenvalue weighted by Crippen LogP contribution is 2.35. The third kappa shape index (κ3) is 5.30. The van der Waals surface area contributed by atoms with Gasteiger partial charge in [0.1, 0.15) is 0 Å². The van der Waals surface area contributed by atoms with Crippen molar-refractivity contribution < 1.29 is 29.4 Å². The molecule has 8 heteroatoms. The smallest absolute Gasteiger partial charge is 0.328 e. The number of carboxylic acids is 2. The Labute approximate surface area is 150 Å². The second-order valence-electron chi connectivity index (χ2n) is 5.57. The van der Waals surface area contributed by atoms with E-state index in [-0.39, 0.29) is 0 Å². The van der Waals surface area contributed by atoms with Gasteiger partial charge in [-0.3, -0.25) is 9.59 Å². The van der Waals surface area contributed by atoms with Crippen molar-refractivity contribution in [2.45, 2.75) is 27.7 Å². The maximum atomic E-state index is 12.0. The lowest BCUT2D eigenvalue weighted by atomic mass is 9.95. The molecule has 1 aromatic rings. The number of anilines is 2. The molecule has 8 nitrogen and oxygen atoms in total. The molecule has 0 saturated heterocycles. The average molecular weight is 360 g/mol. The number of rotatable bonds is 6. The van der Waals surface area contributed by atoms with Gasteiger partial charge >= 0.3 is 11.9 Å². The van der Waals surface area contributed by atoms with E-state index >= 15 is 0 Å². The van der Waals surface area contributed by atoms with Crippen molar-refractivity contribution in [3.63, 3.8) is 0 Å². The van der Waals surface area contributed by atoms with Gasteiger partial charge in [0, 0.05) is 24.3 Å². The first kappa shape index (κ1) is 20.6. The summed E-state index contributed by atoms with van der Waals surface area (Å²) in [7, 11) is 0. The predicted octanol–water partition coefficient (Wildman–Crippen LogP) is 2.08. The van der Waals surface area contributed by atoms with E-state index in [4.69, 9.17) is 10.2 Å². The van der Waals surface area contributed by atoms with Crippen LogP contribution in [0.4, 0.5) is 11.4 Å². The molecule has 0 saturated carbocycles. The third-order valence-corrected chi connectivity index (χ3v) is 3.94. The summed E-state index contributed by atoms with van der Waals surface area (Å²) >= 11 is 0. The van der Waals surface area contributed by atoms with Gasteiger partial charge < -0.3 is 20.8 Å². The summed E-state index contributed by atoms with van der Waals surface area (Å²) in [6.07, 6.45) is 3.13. The van der Waals surface area contributed by atoms with Crippen LogP contribution in [0.25, 0.3) is 0 Å². The minimum atomic E-state index is -1.26. The van der Waals surface area contributed by atoms with Gasteiger partial charge in [0.05, 0.1) is 11.4 Å². The van der Waals surface area contributed by atoms with E-state index in [0.29, 0.717) is 34.7 Å². The Morgan fingerprint density at radius 2 is 0.923 bits per heavy atom. The SMILES string of the molecule is Cc1c(C)c(C)c(NC(=O)C=CC(=O)O)c(NC(=O)C=CC(=O)O)c1C. The molecule has 0 radical (unpaired) electrons. The Bertz CT molecular complexity index is 768. The molecule has 0 fully saturated rings. The quantitative estimate of drug-likeness (QED) is 0.574. The van der Waals surface area contributed by atoms with Gasteiger partial charge in [0.15, 0.2) is 0 Å². The summed E-state index contributed by atoms with van der Waals surface area (Å²) in [6.45, 7) is 7.22. The lowest BCUT2D eigenvalue weighted by Crippen LogP contribution is -2.17. The van der Waals surface area contributed by atoms with Crippen molar-refractivity contribution in [3.05, 3.63) is 46.6 Å². The molecule has 0 aliphatic carbocycles. The summed E-state index contributed by atoms with van der Waals surface area (Å²) in [5, 5.41) is 22.3. The van der Waals surface area contributed by atoms with Gasteiger partial charge in [-0.2, -0.15) is 0 Å². The molecular weight excluding hydrogens is 340 g/mol. The topological polar surface area (TPSA) is 133 Å². The molecule has 2 amide bonds. The van der Waals surface area contributed by atoms with Crippen LogP contribution in [-0.2, 0) is 19.2 Å². The maximum Gasteiger partial charge on any atom is 0.328 e. The predicted molar refractivity (Wildman–Crippen MR) is 96.2 cm³/mol. The monoisotopic (exact) mass is 360 g/mol. The van der Waals surface area contributed by atoms with Crippen LogP contribution in [-0.4, -0.2) is 34.0 Å². The number of amides is 2. The van der Waals surface area contributed by atoms with E-state index in [1.807, 2.05) is 13.8 Å². The molecular formula is C18H20N2O6. The van der Waals surface area contributed by atoms with Gasteiger partial charge in [-0.15, -0.1) is 0 Å². The fourth-order valence-electron chi connectivity index (χ4n) is 2.25. The number of carbonyl (C=O) groups excluding carboxylic acids is 2. The van der Waals surface area contributed by atoms with Crippen LogP contribution in [0.3, 0.4) is 0 Å². The van der Waals surface area contributed by atoms with Crippen molar-refractivity contribution in [2.75, 3.05) is 10.6 Å². The van der Waals surface area contributed by atoms with Crippen LogP contribution >= 0.6 is 0 Å². The maximum absolute atomic E-state index is 12.0.